The average Bonchev–Trinajstić information content (AvgIpc) is 2.47. The van der Waals surface area contributed by atoms with E-state index in [4.69, 9.17) is 9.05 Å². The smallest absolute Gasteiger partial charge is 0.394 e. The molecule has 0 aromatic rings. The summed E-state index contributed by atoms with van der Waals surface area (Å²) in [6.07, 6.45) is 9.43. The number of unbranched alkanes of at least 4 members (excludes halogenated alkanes) is 7. The number of aliphatic hydroxyl groups is 1. The van der Waals surface area contributed by atoms with E-state index in [9.17, 15) is 14.6 Å². The molecule has 0 aliphatic carbocycles. The van der Waals surface area contributed by atoms with Crippen molar-refractivity contribution in [1.29, 1.82) is 0 Å². The van der Waals surface area contributed by atoms with Gasteiger partial charge in [0, 0.05) is 0 Å². The maximum absolute atomic E-state index is 11.9. The summed E-state index contributed by atoms with van der Waals surface area (Å²) < 4.78 is 22.6. The van der Waals surface area contributed by atoms with Crippen LogP contribution in [-0.2, 0) is 13.6 Å². The molecule has 24 heavy (non-hydrogen) atoms. The zero-order valence-corrected chi connectivity index (χ0v) is 17.0. The van der Waals surface area contributed by atoms with Gasteiger partial charge < -0.3 is 14.5 Å². The third kappa shape index (κ3) is 15.6. The van der Waals surface area contributed by atoms with Crippen LogP contribution < -0.4 is 0 Å². The first-order chi connectivity index (χ1) is 11.2. The van der Waals surface area contributed by atoms with Crippen molar-refractivity contribution in [3.05, 3.63) is 0 Å². The predicted molar refractivity (Wildman–Crippen MR) is 97.9 cm³/mol. The van der Waals surface area contributed by atoms with E-state index < -0.39 is 13.9 Å². The SMILES string of the molecule is CCCCCCCCCCC(CO)OP(=O)(O)OCC[N+](C)(C)C. The van der Waals surface area contributed by atoms with Crippen LogP contribution in [0.5, 0.6) is 0 Å². The summed E-state index contributed by atoms with van der Waals surface area (Å²) in [6, 6.07) is 0. The van der Waals surface area contributed by atoms with E-state index in [2.05, 4.69) is 6.92 Å². The van der Waals surface area contributed by atoms with Crippen molar-refractivity contribution in [3.8, 4) is 0 Å². The van der Waals surface area contributed by atoms with Gasteiger partial charge in [-0.2, -0.15) is 0 Å². The van der Waals surface area contributed by atoms with Crippen molar-refractivity contribution in [2.45, 2.75) is 70.8 Å². The number of nitrogens with zero attached hydrogens (tertiary/aromatic N) is 1. The molecule has 0 aliphatic rings. The third-order valence-electron chi connectivity index (χ3n) is 3.88. The highest BCUT2D eigenvalue weighted by Gasteiger charge is 2.27. The summed E-state index contributed by atoms with van der Waals surface area (Å²) >= 11 is 0. The Morgan fingerprint density at radius 3 is 2.04 bits per heavy atom. The average molecular weight is 368 g/mol. The maximum atomic E-state index is 11.9. The van der Waals surface area contributed by atoms with E-state index in [0.717, 1.165) is 12.8 Å². The number of phosphoric acid groups is 1. The van der Waals surface area contributed by atoms with Crippen LogP contribution in [0, 0.1) is 0 Å². The fraction of sp³-hybridized carbons (Fsp3) is 1.00. The fourth-order valence-electron chi connectivity index (χ4n) is 2.33. The number of aliphatic hydroxyl groups excluding tert-OH is 1. The summed E-state index contributed by atoms with van der Waals surface area (Å²) in [5, 5.41) is 9.33. The minimum atomic E-state index is -4.10. The molecule has 0 aliphatic heterocycles. The molecule has 0 fully saturated rings. The minimum Gasteiger partial charge on any atom is -0.394 e. The molecule has 0 radical (unpaired) electrons. The number of quaternary nitrogens is 1. The van der Waals surface area contributed by atoms with E-state index in [1.807, 2.05) is 21.1 Å². The minimum absolute atomic E-state index is 0.146. The van der Waals surface area contributed by atoms with Gasteiger partial charge in [0.1, 0.15) is 13.2 Å². The summed E-state index contributed by atoms with van der Waals surface area (Å²) in [5.41, 5.74) is 0. The first kappa shape index (κ1) is 24.0. The monoisotopic (exact) mass is 368 g/mol. The standard InChI is InChI=1S/C17H38NO5P/c1-5-6-7-8-9-10-11-12-13-17(16-19)23-24(20,21)22-15-14-18(2,3)4/h17,19H,5-16H2,1-4H3/p+1. The van der Waals surface area contributed by atoms with E-state index >= 15 is 0 Å². The molecule has 2 unspecified atom stereocenters. The third-order valence-corrected chi connectivity index (χ3v) is 4.96. The lowest BCUT2D eigenvalue weighted by molar-refractivity contribution is -0.870. The van der Waals surface area contributed by atoms with Crippen LogP contribution in [-0.4, -0.2) is 61.5 Å². The quantitative estimate of drug-likeness (QED) is 0.247. The van der Waals surface area contributed by atoms with Gasteiger partial charge >= 0.3 is 7.82 Å². The van der Waals surface area contributed by atoms with Gasteiger partial charge in [0.05, 0.1) is 33.9 Å². The zero-order chi connectivity index (χ0) is 18.5. The molecule has 0 aromatic carbocycles. The van der Waals surface area contributed by atoms with Crippen molar-refractivity contribution < 1.29 is 28.1 Å². The van der Waals surface area contributed by atoms with Crippen molar-refractivity contribution in [3.63, 3.8) is 0 Å². The summed E-state index contributed by atoms with van der Waals surface area (Å²) in [5.74, 6) is 0. The molecule has 0 spiro atoms. The lowest BCUT2D eigenvalue weighted by atomic mass is 10.1. The lowest BCUT2D eigenvalue weighted by Gasteiger charge is -2.24. The van der Waals surface area contributed by atoms with Gasteiger partial charge in [-0.1, -0.05) is 58.3 Å². The van der Waals surface area contributed by atoms with E-state index in [1.165, 1.54) is 38.5 Å². The fourth-order valence-corrected chi connectivity index (χ4v) is 3.25. The molecule has 0 rings (SSSR count). The Kier molecular flexibility index (Phi) is 13.3. The molecule has 0 amide bonds. The second-order valence-electron chi connectivity index (χ2n) is 7.49. The number of hydrogen-bond donors (Lipinski definition) is 2. The molecule has 0 saturated heterocycles. The van der Waals surface area contributed by atoms with Gasteiger partial charge in [0.15, 0.2) is 0 Å². The van der Waals surface area contributed by atoms with Crippen LogP contribution >= 0.6 is 7.82 Å². The van der Waals surface area contributed by atoms with Crippen LogP contribution in [0.3, 0.4) is 0 Å². The highest BCUT2D eigenvalue weighted by atomic mass is 31.2. The Labute approximate surface area is 148 Å². The van der Waals surface area contributed by atoms with Crippen molar-refractivity contribution >= 4 is 7.82 Å². The molecule has 0 aromatic heterocycles. The second kappa shape index (κ2) is 13.3. The van der Waals surface area contributed by atoms with Crippen LogP contribution in [0.2, 0.25) is 0 Å². The Hall–Kier alpha value is 0.0300. The van der Waals surface area contributed by atoms with Crippen molar-refractivity contribution in [2.24, 2.45) is 0 Å². The first-order valence-corrected chi connectivity index (χ1v) is 10.8. The Morgan fingerprint density at radius 1 is 1.00 bits per heavy atom. The highest BCUT2D eigenvalue weighted by Crippen LogP contribution is 2.45. The molecule has 7 heteroatoms. The van der Waals surface area contributed by atoms with Crippen molar-refractivity contribution in [2.75, 3.05) is 40.9 Å². The summed E-state index contributed by atoms with van der Waals surface area (Å²) in [6.45, 7) is 2.70. The largest absolute Gasteiger partial charge is 0.472 e. The van der Waals surface area contributed by atoms with E-state index in [0.29, 0.717) is 17.4 Å². The molecule has 0 saturated carbocycles. The first-order valence-electron chi connectivity index (χ1n) is 9.27. The second-order valence-corrected chi connectivity index (χ2v) is 8.90. The van der Waals surface area contributed by atoms with Gasteiger partial charge in [-0.15, -0.1) is 0 Å². The molecule has 146 valence electrons. The highest BCUT2D eigenvalue weighted by molar-refractivity contribution is 7.47. The molecule has 2 N–H and O–H groups in total. The van der Waals surface area contributed by atoms with Gasteiger partial charge in [-0.25, -0.2) is 4.57 Å². The maximum Gasteiger partial charge on any atom is 0.472 e. The zero-order valence-electron chi connectivity index (χ0n) is 16.1. The Morgan fingerprint density at radius 2 is 1.54 bits per heavy atom. The Balaban J connectivity index is 3.85. The normalized spacial score (nSPS) is 16.1. The number of phosphoric ester groups is 1. The van der Waals surface area contributed by atoms with Gasteiger partial charge in [0.25, 0.3) is 0 Å². The van der Waals surface area contributed by atoms with Gasteiger partial charge in [-0.05, 0) is 6.42 Å². The van der Waals surface area contributed by atoms with Crippen LogP contribution in [0.4, 0.5) is 0 Å². The molecular weight excluding hydrogens is 329 g/mol. The number of hydrogen-bond acceptors (Lipinski definition) is 4. The number of rotatable bonds is 16. The molecule has 0 heterocycles. The molecule has 0 bridgehead atoms. The number of likely N-dealkylation sites (N-methyl/N-ethyl adjacent to an activating group) is 1. The lowest BCUT2D eigenvalue weighted by Crippen LogP contribution is -2.37. The predicted octanol–water partition coefficient (Wildman–Crippen LogP) is 3.72. The van der Waals surface area contributed by atoms with E-state index in [-0.39, 0.29) is 13.2 Å². The summed E-state index contributed by atoms with van der Waals surface area (Å²) in [4.78, 5) is 9.73. The summed E-state index contributed by atoms with van der Waals surface area (Å²) in [7, 11) is 1.84. The van der Waals surface area contributed by atoms with Crippen LogP contribution in [0.15, 0.2) is 0 Å². The molecule has 6 nitrogen and oxygen atoms in total. The van der Waals surface area contributed by atoms with Crippen molar-refractivity contribution in [1.82, 2.24) is 0 Å². The van der Waals surface area contributed by atoms with Gasteiger partial charge in [-0.3, -0.25) is 9.05 Å². The molecular formula is C17H39NO5P+. The Bertz CT molecular complexity index is 346. The van der Waals surface area contributed by atoms with E-state index in [1.54, 1.807) is 0 Å². The van der Waals surface area contributed by atoms with Crippen LogP contribution in [0.25, 0.3) is 0 Å². The van der Waals surface area contributed by atoms with Crippen LogP contribution in [0.1, 0.15) is 64.7 Å². The topological polar surface area (TPSA) is 76.0 Å². The molecule has 2 atom stereocenters. The van der Waals surface area contributed by atoms with Gasteiger partial charge in [0.2, 0.25) is 0 Å².